The highest BCUT2D eigenvalue weighted by Gasteiger charge is 2.15. The van der Waals surface area contributed by atoms with Crippen LogP contribution in [0.4, 0.5) is 10.2 Å². The van der Waals surface area contributed by atoms with Gasteiger partial charge in [-0.1, -0.05) is 12.1 Å². The first kappa shape index (κ1) is 14.5. The summed E-state index contributed by atoms with van der Waals surface area (Å²) in [4.78, 5) is 20.0. The van der Waals surface area contributed by atoms with Crippen LogP contribution in [0.5, 0.6) is 0 Å². The lowest BCUT2D eigenvalue weighted by molar-refractivity contribution is 0.102. The minimum Gasteiger partial charge on any atom is -0.304 e. The van der Waals surface area contributed by atoms with Crippen LogP contribution >= 0.6 is 47.8 Å². The maximum Gasteiger partial charge on any atom is 0.259 e. The van der Waals surface area contributed by atoms with Gasteiger partial charge in [0.2, 0.25) is 0 Å². The summed E-state index contributed by atoms with van der Waals surface area (Å²) in [6.45, 7) is 0. The molecular weight excluding hydrogens is 449 g/mol. The number of carbonyl (C=O) groups is 1. The van der Waals surface area contributed by atoms with Crippen molar-refractivity contribution in [3.63, 3.8) is 0 Å². The zero-order valence-electron chi connectivity index (χ0n) is 9.12. The molecule has 0 aliphatic heterocycles. The third-order valence-corrected chi connectivity index (χ3v) is 4.31. The van der Waals surface area contributed by atoms with Gasteiger partial charge in [0.1, 0.15) is 19.6 Å². The zero-order chi connectivity index (χ0) is 14.0. The molecule has 0 fully saturated rings. The molecule has 8 heteroatoms. The van der Waals surface area contributed by atoms with Gasteiger partial charge in [0, 0.05) is 0 Å². The van der Waals surface area contributed by atoms with Gasteiger partial charge in [-0.05, 0) is 59.9 Å². The topological polar surface area (TPSA) is 54.9 Å². The van der Waals surface area contributed by atoms with Crippen molar-refractivity contribution in [1.29, 1.82) is 0 Å². The van der Waals surface area contributed by atoms with Crippen LogP contribution in [0.25, 0.3) is 0 Å². The van der Waals surface area contributed by atoms with E-state index >= 15 is 0 Å². The Balaban J connectivity index is 2.30. The SMILES string of the molecule is O=C(Nc1nc(Br)c(Br)nc1Br)c1ccccc1F. The molecule has 1 aromatic heterocycles. The Bertz CT molecular complexity index is 651. The number of halogens is 4. The molecule has 1 aromatic carbocycles. The maximum absolute atomic E-state index is 13.5. The number of nitrogens with zero attached hydrogens (tertiary/aromatic N) is 2. The molecule has 0 radical (unpaired) electrons. The molecule has 2 aromatic rings. The molecule has 98 valence electrons. The Morgan fingerprint density at radius 1 is 1.05 bits per heavy atom. The van der Waals surface area contributed by atoms with Gasteiger partial charge in [-0.3, -0.25) is 4.79 Å². The number of benzene rings is 1. The molecule has 2 rings (SSSR count). The molecule has 4 nitrogen and oxygen atoms in total. The van der Waals surface area contributed by atoms with Crippen LogP contribution in [0.15, 0.2) is 38.1 Å². The largest absolute Gasteiger partial charge is 0.304 e. The van der Waals surface area contributed by atoms with Gasteiger partial charge in [0.25, 0.3) is 5.91 Å². The average Bonchev–Trinajstić information content (AvgIpc) is 2.36. The second-order valence-corrected chi connectivity index (χ2v) is 5.63. The lowest BCUT2D eigenvalue weighted by atomic mass is 10.2. The van der Waals surface area contributed by atoms with Crippen LogP contribution in [0, 0.1) is 5.82 Å². The molecule has 0 spiro atoms. The Morgan fingerprint density at radius 3 is 2.37 bits per heavy atom. The van der Waals surface area contributed by atoms with Crippen molar-refractivity contribution in [3.8, 4) is 0 Å². The summed E-state index contributed by atoms with van der Waals surface area (Å²) in [5.41, 5.74) is -0.0600. The minimum absolute atomic E-state index is 0.0600. The van der Waals surface area contributed by atoms with Crippen LogP contribution in [-0.2, 0) is 0 Å². The number of aromatic nitrogens is 2. The molecule has 0 atom stereocenters. The third-order valence-electron chi connectivity index (χ3n) is 2.12. The molecule has 19 heavy (non-hydrogen) atoms. The van der Waals surface area contributed by atoms with Gasteiger partial charge in [-0.15, -0.1) is 0 Å². The monoisotopic (exact) mass is 451 g/mol. The van der Waals surface area contributed by atoms with Gasteiger partial charge >= 0.3 is 0 Å². The highest BCUT2D eigenvalue weighted by molar-refractivity contribution is 9.13. The molecule has 0 unspecified atom stereocenters. The van der Waals surface area contributed by atoms with Crippen molar-refractivity contribution < 1.29 is 9.18 Å². The van der Waals surface area contributed by atoms with Crippen molar-refractivity contribution in [2.45, 2.75) is 0 Å². The highest BCUT2D eigenvalue weighted by atomic mass is 79.9. The number of amides is 1. The van der Waals surface area contributed by atoms with Gasteiger partial charge in [0.15, 0.2) is 5.82 Å². The molecule has 0 bridgehead atoms. The number of hydrogen-bond acceptors (Lipinski definition) is 3. The van der Waals surface area contributed by atoms with E-state index in [1.165, 1.54) is 18.2 Å². The quantitative estimate of drug-likeness (QED) is 0.743. The van der Waals surface area contributed by atoms with E-state index in [1.54, 1.807) is 6.07 Å². The molecular formula is C11H5Br3FN3O. The zero-order valence-corrected chi connectivity index (χ0v) is 13.9. The lowest BCUT2D eigenvalue weighted by Gasteiger charge is -2.07. The van der Waals surface area contributed by atoms with Crippen molar-refractivity contribution in [2.75, 3.05) is 5.32 Å². The molecule has 0 saturated heterocycles. The standard InChI is InChI=1S/C11H5Br3FN3O/c12-7-8(13)17-10(9(14)16-7)18-11(19)5-3-1-2-4-6(5)15/h1-4H,(H,17,18,19). The fourth-order valence-corrected chi connectivity index (χ4v) is 2.41. The van der Waals surface area contributed by atoms with Gasteiger partial charge < -0.3 is 5.32 Å². The van der Waals surface area contributed by atoms with Crippen molar-refractivity contribution in [2.24, 2.45) is 0 Å². The lowest BCUT2D eigenvalue weighted by Crippen LogP contribution is -2.15. The van der Waals surface area contributed by atoms with E-state index in [1.807, 2.05) is 0 Å². The van der Waals surface area contributed by atoms with Crippen LogP contribution in [0.3, 0.4) is 0 Å². The smallest absolute Gasteiger partial charge is 0.259 e. The third kappa shape index (κ3) is 3.37. The first-order valence-electron chi connectivity index (χ1n) is 4.93. The number of carbonyl (C=O) groups excluding carboxylic acids is 1. The number of anilines is 1. The fraction of sp³-hybridized carbons (Fsp3) is 0. The van der Waals surface area contributed by atoms with Crippen LogP contribution in [-0.4, -0.2) is 15.9 Å². The number of hydrogen-bond donors (Lipinski definition) is 1. The molecule has 0 aliphatic carbocycles. The van der Waals surface area contributed by atoms with Crippen molar-refractivity contribution in [3.05, 3.63) is 49.5 Å². The Hall–Kier alpha value is -0.860. The van der Waals surface area contributed by atoms with Crippen molar-refractivity contribution >= 4 is 59.5 Å². The Morgan fingerprint density at radius 2 is 1.68 bits per heavy atom. The highest BCUT2D eigenvalue weighted by Crippen LogP contribution is 2.26. The predicted octanol–water partition coefficient (Wildman–Crippen LogP) is 4.16. The van der Waals surface area contributed by atoms with Crippen LogP contribution in [0.2, 0.25) is 0 Å². The van der Waals surface area contributed by atoms with E-state index in [4.69, 9.17) is 0 Å². The summed E-state index contributed by atoms with van der Waals surface area (Å²) >= 11 is 9.52. The first-order chi connectivity index (χ1) is 8.99. The molecule has 1 amide bonds. The van der Waals surface area contributed by atoms with E-state index in [0.717, 1.165) is 0 Å². The fourth-order valence-electron chi connectivity index (χ4n) is 1.28. The Kier molecular flexibility index (Phi) is 4.64. The van der Waals surface area contributed by atoms with Crippen LogP contribution in [0.1, 0.15) is 10.4 Å². The summed E-state index contributed by atoms with van der Waals surface area (Å²) in [7, 11) is 0. The normalized spacial score (nSPS) is 10.3. The van der Waals surface area contributed by atoms with E-state index in [-0.39, 0.29) is 11.4 Å². The summed E-state index contributed by atoms with van der Waals surface area (Å²) in [6.07, 6.45) is 0. The minimum atomic E-state index is -0.597. The number of nitrogens with one attached hydrogen (secondary N) is 1. The van der Waals surface area contributed by atoms with E-state index in [9.17, 15) is 9.18 Å². The molecule has 0 aliphatic rings. The van der Waals surface area contributed by atoms with E-state index in [2.05, 4.69) is 63.1 Å². The first-order valence-corrected chi connectivity index (χ1v) is 7.31. The van der Waals surface area contributed by atoms with Gasteiger partial charge in [0.05, 0.1) is 5.56 Å². The van der Waals surface area contributed by atoms with Gasteiger partial charge in [-0.2, -0.15) is 0 Å². The molecule has 1 heterocycles. The van der Waals surface area contributed by atoms with E-state index < -0.39 is 11.7 Å². The summed E-state index contributed by atoms with van der Waals surface area (Å²) in [5, 5.41) is 2.49. The number of rotatable bonds is 2. The summed E-state index contributed by atoms with van der Waals surface area (Å²) < 4.78 is 14.7. The summed E-state index contributed by atoms with van der Waals surface area (Å²) in [5.74, 6) is -0.995. The second kappa shape index (κ2) is 6.06. The molecule has 0 saturated carbocycles. The second-order valence-electron chi connectivity index (χ2n) is 3.38. The Labute approximate surface area is 133 Å². The van der Waals surface area contributed by atoms with E-state index in [0.29, 0.717) is 13.8 Å². The average molecular weight is 454 g/mol. The summed E-state index contributed by atoms with van der Waals surface area (Å²) in [6, 6.07) is 5.70. The van der Waals surface area contributed by atoms with Gasteiger partial charge in [-0.25, -0.2) is 14.4 Å². The van der Waals surface area contributed by atoms with Crippen molar-refractivity contribution in [1.82, 2.24) is 9.97 Å². The predicted molar refractivity (Wildman–Crippen MR) is 79.5 cm³/mol. The van der Waals surface area contributed by atoms with Crippen LogP contribution < -0.4 is 5.32 Å². The molecule has 1 N–H and O–H groups in total. The maximum atomic E-state index is 13.5.